The van der Waals surface area contributed by atoms with Crippen molar-refractivity contribution in [3.8, 4) is 0 Å². The number of benzene rings is 1. The van der Waals surface area contributed by atoms with Gasteiger partial charge in [0.2, 0.25) is 0 Å². The summed E-state index contributed by atoms with van der Waals surface area (Å²) in [7, 11) is 0. The van der Waals surface area contributed by atoms with Gasteiger partial charge in [-0.15, -0.1) is 0 Å². The molecule has 0 saturated heterocycles. The lowest BCUT2D eigenvalue weighted by molar-refractivity contribution is 0.127. The molecule has 16 heavy (non-hydrogen) atoms. The fourth-order valence-corrected chi connectivity index (χ4v) is 2.48. The lowest BCUT2D eigenvalue weighted by Crippen LogP contribution is -2.17. The maximum Gasteiger partial charge on any atom is 0.129 e. The first-order valence-corrected chi connectivity index (χ1v) is 5.70. The second kappa shape index (κ2) is 4.50. The molecule has 1 saturated carbocycles. The minimum absolute atomic E-state index is 0.199. The molecule has 0 spiro atoms. The third-order valence-corrected chi connectivity index (χ3v) is 3.68. The van der Waals surface area contributed by atoms with Crippen LogP contribution in [0.25, 0.3) is 0 Å². The van der Waals surface area contributed by atoms with Gasteiger partial charge in [0.05, 0.1) is 6.10 Å². The molecule has 3 atom stereocenters. The molecular weight excluding hydrogens is 210 g/mol. The number of aliphatic hydroxyl groups excluding tert-OH is 1. The zero-order valence-corrected chi connectivity index (χ0v) is 9.29. The third-order valence-electron chi connectivity index (χ3n) is 3.68. The summed E-state index contributed by atoms with van der Waals surface area (Å²) in [4.78, 5) is 0. The first kappa shape index (κ1) is 11.5. The Bertz CT molecular complexity index is 378. The van der Waals surface area contributed by atoms with Crippen LogP contribution in [-0.2, 0) is 6.42 Å². The van der Waals surface area contributed by atoms with E-state index < -0.39 is 11.6 Å². The van der Waals surface area contributed by atoms with Gasteiger partial charge in [-0.3, -0.25) is 0 Å². The van der Waals surface area contributed by atoms with Gasteiger partial charge in [-0.25, -0.2) is 8.78 Å². The SMILES string of the molecule is CC1C(O)CCC1Cc1ccc(F)cc1F. The molecule has 3 heteroatoms. The average Bonchev–Trinajstić information content (AvgIpc) is 2.54. The first-order valence-electron chi connectivity index (χ1n) is 5.70. The van der Waals surface area contributed by atoms with Gasteiger partial charge < -0.3 is 5.11 Å². The predicted molar refractivity (Wildman–Crippen MR) is 58.0 cm³/mol. The molecular formula is C13H16F2O. The second-order valence-electron chi connectivity index (χ2n) is 4.70. The van der Waals surface area contributed by atoms with Crippen LogP contribution in [0, 0.1) is 23.5 Å². The first-order chi connectivity index (χ1) is 7.58. The van der Waals surface area contributed by atoms with Gasteiger partial charge in [-0.1, -0.05) is 13.0 Å². The van der Waals surface area contributed by atoms with E-state index in [2.05, 4.69) is 0 Å². The molecule has 1 fully saturated rings. The van der Waals surface area contributed by atoms with Crippen LogP contribution in [-0.4, -0.2) is 11.2 Å². The van der Waals surface area contributed by atoms with Crippen LogP contribution in [0.3, 0.4) is 0 Å². The van der Waals surface area contributed by atoms with Crippen molar-refractivity contribution in [3.05, 3.63) is 35.4 Å². The number of halogens is 2. The monoisotopic (exact) mass is 226 g/mol. The molecule has 88 valence electrons. The van der Waals surface area contributed by atoms with Crippen molar-refractivity contribution in [2.24, 2.45) is 11.8 Å². The van der Waals surface area contributed by atoms with E-state index in [0.717, 1.165) is 18.9 Å². The van der Waals surface area contributed by atoms with Crippen LogP contribution in [0.2, 0.25) is 0 Å². The van der Waals surface area contributed by atoms with E-state index in [1.54, 1.807) is 0 Å². The third kappa shape index (κ3) is 2.24. The normalized spacial score (nSPS) is 29.6. The molecule has 0 heterocycles. The maximum absolute atomic E-state index is 13.4. The van der Waals surface area contributed by atoms with Crippen molar-refractivity contribution in [1.82, 2.24) is 0 Å². The van der Waals surface area contributed by atoms with Gasteiger partial charge in [0.15, 0.2) is 0 Å². The molecule has 1 aromatic carbocycles. The lowest BCUT2D eigenvalue weighted by atomic mass is 9.90. The van der Waals surface area contributed by atoms with Crippen LogP contribution in [0.15, 0.2) is 18.2 Å². The van der Waals surface area contributed by atoms with Crippen molar-refractivity contribution in [1.29, 1.82) is 0 Å². The summed E-state index contributed by atoms with van der Waals surface area (Å²) in [5.41, 5.74) is 0.548. The smallest absolute Gasteiger partial charge is 0.129 e. The Kier molecular flexibility index (Phi) is 3.24. The van der Waals surface area contributed by atoms with Gasteiger partial charge in [-0.2, -0.15) is 0 Å². The molecule has 0 radical (unpaired) electrons. The highest BCUT2D eigenvalue weighted by atomic mass is 19.1. The van der Waals surface area contributed by atoms with Gasteiger partial charge in [-0.05, 0) is 42.7 Å². The van der Waals surface area contributed by atoms with Gasteiger partial charge >= 0.3 is 0 Å². The van der Waals surface area contributed by atoms with Crippen LogP contribution in [0.1, 0.15) is 25.3 Å². The summed E-state index contributed by atoms with van der Waals surface area (Å²) in [5.74, 6) is -0.520. The summed E-state index contributed by atoms with van der Waals surface area (Å²) in [6.45, 7) is 1.99. The standard InChI is InChI=1S/C13H16F2O/c1-8-9(3-5-13(8)16)6-10-2-4-11(14)7-12(10)15/h2,4,7-9,13,16H,3,5-6H2,1H3. The Balaban J connectivity index is 2.09. The molecule has 0 aliphatic heterocycles. The minimum atomic E-state index is -0.541. The topological polar surface area (TPSA) is 20.2 Å². The van der Waals surface area contributed by atoms with Crippen LogP contribution in [0.4, 0.5) is 8.78 Å². The Morgan fingerprint density at radius 2 is 2.06 bits per heavy atom. The summed E-state index contributed by atoms with van der Waals surface area (Å²) in [5, 5.41) is 9.61. The lowest BCUT2D eigenvalue weighted by Gasteiger charge is -2.17. The largest absolute Gasteiger partial charge is 0.393 e. The zero-order chi connectivity index (χ0) is 11.7. The maximum atomic E-state index is 13.4. The summed E-state index contributed by atoms with van der Waals surface area (Å²) in [6.07, 6.45) is 2.02. The molecule has 2 rings (SSSR count). The van der Waals surface area contributed by atoms with Gasteiger partial charge in [0.25, 0.3) is 0 Å². The molecule has 1 nitrogen and oxygen atoms in total. The number of hydrogen-bond donors (Lipinski definition) is 1. The molecule has 0 bridgehead atoms. The Morgan fingerprint density at radius 1 is 1.31 bits per heavy atom. The highest BCUT2D eigenvalue weighted by Crippen LogP contribution is 2.34. The highest BCUT2D eigenvalue weighted by Gasteiger charge is 2.31. The Labute approximate surface area is 94.1 Å². The molecule has 0 amide bonds. The molecule has 1 aromatic rings. The number of hydrogen-bond acceptors (Lipinski definition) is 1. The van der Waals surface area contributed by atoms with E-state index in [9.17, 15) is 13.9 Å². The predicted octanol–water partition coefficient (Wildman–Crippen LogP) is 2.91. The quantitative estimate of drug-likeness (QED) is 0.822. The van der Waals surface area contributed by atoms with Crippen LogP contribution >= 0.6 is 0 Å². The Morgan fingerprint density at radius 3 is 2.62 bits per heavy atom. The van der Waals surface area contributed by atoms with Crippen molar-refractivity contribution < 1.29 is 13.9 Å². The molecule has 1 aliphatic rings. The summed E-state index contributed by atoms with van der Waals surface area (Å²) >= 11 is 0. The zero-order valence-electron chi connectivity index (χ0n) is 9.29. The fourth-order valence-electron chi connectivity index (χ4n) is 2.48. The molecule has 3 unspecified atom stereocenters. The van der Waals surface area contributed by atoms with E-state index in [1.807, 2.05) is 6.92 Å². The van der Waals surface area contributed by atoms with E-state index in [-0.39, 0.29) is 12.0 Å². The minimum Gasteiger partial charge on any atom is -0.393 e. The van der Waals surface area contributed by atoms with Crippen molar-refractivity contribution in [2.75, 3.05) is 0 Å². The van der Waals surface area contributed by atoms with Gasteiger partial charge in [0, 0.05) is 6.07 Å². The number of rotatable bonds is 2. The molecule has 1 N–H and O–H groups in total. The highest BCUT2D eigenvalue weighted by molar-refractivity contribution is 5.19. The average molecular weight is 226 g/mol. The van der Waals surface area contributed by atoms with E-state index in [4.69, 9.17) is 0 Å². The van der Waals surface area contributed by atoms with E-state index >= 15 is 0 Å². The van der Waals surface area contributed by atoms with E-state index in [1.165, 1.54) is 12.1 Å². The van der Waals surface area contributed by atoms with Crippen LogP contribution < -0.4 is 0 Å². The molecule has 0 aromatic heterocycles. The van der Waals surface area contributed by atoms with Crippen molar-refractivity contribution in [2.45, 2.75) is 32.3 Å². The number of aliphatic hydroxyl groups is 1. The second-order valence-corrected chi connectivity index (χ2v) is 4.70. The van der Waals surface area contributed by atoms with Crippen molar-refractivity contribution >= 4 is 0 Å². The molecule has 1 aliphatic carbocycles. The summed E-state index contributed by atoms with van der Waals surface area (Å²) < 4.78 is 26.1. The fraction of sp³-hybridized carbons (Fsp3) is 0.538. The van der Waals surface area contributed by atoms with Crippen LogP contribution in [0.5, 0.6) is 0 Å². The summed E-state index contributed by atoms with van der Waals surface area (Å²) in [6, 6.07) is 3.71. The van der Waals surface area contributed by atoms with Crippen molar-refractivity contribution in [3.63, 3.8) is 0 Å². The van der Waals surface area contributed by atoms with Gasteiger partial charge in [0.1, 0.15) is 11.6 Å². The van der Waals surface area contributed by atoms with E-state index in [0.29, 0.717) is 17.9 Å². The Hall–Kier alpha value is -0.960.